The summed E-state index contributed by atoms with van der Waals surface area (Å²) in [5.41, 5.74) is 0.958. The first kappa shape index (κ1) is 15.1. The zero-order chi connectivity index (χ0) is 13.5. The molecule has 0 spiro atoms. The van der Waals surface area contributed by atoms with E-state index in [1.807, 2.05) is 19.9 Å². The summed E-state index contributed by atoms with van der Waals surface area (Å²) in [6, 6.07) is 5.23. The highest BCUT2D eigenvalue weighted by atomic mass is 79.9. The van der Waals surface area contributed by atoms with Gasteiger partial charge in [0.1, 0.15) is 0 Å². The highest BCUT2D eigenvalue weighted by Gasteiger charge is 2.14. The summed E-state index contributed by atoms with van der Waals surface area (Å²) in [7, 11) is 0. The molecule has 0 aliphatic carbocycles. The van der Waals surface area contributed by atoms with Crippen molar-refractivity contribution < 1.29 is 9.66 Å². The van der Waals surface area contributed by atoms with Gasteiger partial charge in [-0.15, -0.1) is 0 Å². The Kier molecular flexibility index (Phi) is 6.24. The average Bonchev–Trinajstić information content (AvgIpc) is 2.34. The third-order valence-corrected chi connectivity index (χ3v) is 3.38. The summed E-state index contributed by atoms with van der Waals surface area (Å²) >= 11 is 3.27. The van der Waals surface area contributed by atoms with Crippen molar-refractivity contribution in [3.63, 3.8) is 0 Å². The molecule has 0 radical (unpaired) electrons. The maximum atomic E-state index is 10.8. The van der Waals surface area contributed by atoms with E-state index < -0.39 is 4.92 Å². The lowest BCUT2D eigenvalue weighted by Gasteiger charge is -2.14. The number of nitrogens with zero attached hydrogens (tertiary/aromatic N) is 1. The summed E-state index contributed by atoms with van der Waals surface area (Å²) in [6.07, 6.45) is 0. The van der Waals surface area contributed by atoms with E-state index in [1.165, 1.54) is 6.07 Å². The van der Waals surface area contributed by atoms with Gasteiger partial charge < -0.3 is 10.1 Å². The Labute approximate surface area is 115 Å². The van der Waals surface area contributed by atoms with Crippen molar-refractivity contribution in [1.29, 1.82) is 0 Å². The Bertz CT molecular complexity index is 412. The molecular weight excluding hydrogens is 300 g/mol. The molecule has 0 saturated heterocycles. The van der Waals surface area contributed by atoms with Crippen LogP contribution < -0.4 is 5.32 Å². The molecule has 1 rings (SSSR count). The fraction of sp³-hybridized carbons (Fsp3) is 0.500. The summed E-state index contributed by atoms with van der Waals surface area (Å²) in [4.78, 5) is 10.4. The molecule has 0 aliphatic heterocycles. The minimum Gasteiger partial charge on any atom is -0.380 e. The first-order chi connectivity index (χ1) is 8.56. The Morgan fingerprint density at radius 2 is 2.28 bits per heavy atom. The molecule has 1 aromatic carbocycles. The van der Waals surface area contributed by atoms with Crippen LogP contribution in [-0.4, -0.2) is 24.2 Å². The maximum absolute atomic E-state index is 10.8. The van der Waals surface area contributed by atoms with Crippen molar-refractivity contribution in [2.24, 2.45) is 0 Å². The van der Waals surface area contributed by atoms with Crippen molar-refractivity contribution in [3.05, 3.63) is 38.3 Å². The lowest BCUT2D eigenvalue weighted by Crippen LogP contribution is -2.30. The van der Waals surface area contributed by atoms with E-state index in [4.69, 9.17) is 4.74 Å². The largest absolute Gasteiger partial charge is 0.380 e. The predicted molar refractivity (Wildman–Crippen MR) is 73.6 cm³/mol. The van der Waals surface area contributed by atoms with Crippen LogP contribution in [0.1, 0.15) is 19.4 Å². The van der Waals surface area contributed by atoms with Gasteiger partial charge in [0.15, 0.2) is 0 Å². The molecule has 18 heavy (non-hydrogen) atoms. The van der Waals surface area contributed by atoms with Gasteiger partial charge in [0.25, 0.3) is 5.69 Å². The van der Waals surface area contributed by atoms with Crippen LogP contribution in [0.2, 0.25) is 0 Å². The molecule has 0 bridgehead atoms. The second-order valence-corrected chi connectivity index (χ2v) is 4.74. The zero-order valence-corrected chi connectivity index (χ0v) is 12.1. The van der Waals surface area contributed by atoms with Gasteiger partial charge in [-0.25, -0.2) is 0 Å². The topological polar surface area (TPSA) is 64.4 Å². The maximum Gasteiger partial charge on any atom is 0.283 e. The van der Waals surface area contributed by atoms with Crippen molar-refractivity contribution in [2.45, 2.75) is 26.4 Å². The van der Waals surface area contributed by atoms with Crippen LogP contribution in [-0.2, 0) is 11.3 Å². The highest BCUT2D eigenvalue weighted by Crippen LogP contribution is 2.28. The Balaban J connectivity index is 2.62. The van der Waals surface area contributed by atoms with Gasteiger partial charge in [-0.05, 0) is 35.3 Å². The van der Waals surface area contributed by atoms with Crippen LogP contribution in [0, 0.1) is 10.1 Å². The zero-order valence-electron chi connectivity index (χ0n) is 10.5. The number of nitro groups is 1. The molecule has 1 unspecified atom stereocenters. The van der Waals surface area contributed by atoms with Crippen LogP contribution in [0.3, 0.4) is 0 Å². The van der Waals surface area contributed by atoms with Crippen molar-refractivity contribution in [1.82, 2.24) is 5.32 Å². The molecule has 5 nitrogen and oxygen atoms in total. The molecule has 0 saturated carbocycles. The van der Waals surface area contributed by atoms with Gasteiger partial charge in [-0.1, -0.05) is 12.1 Å². The minimum atomic E-state index is -0.392. The van der Waals surface area contributed by atoms with Gasteiger partial charge in [0, 0.05) is 25.3 Å². The van der Waals surface area contributed by atoms with E-state index >= 15 is 0 Å². The van der Waals surface area contributed by atoms with E-state index in [1.54, 1.807) is 6.07 Å². The van der Waals surface area contributed by atoms with Crippen LogP contribution in [0.15, 0.2) is 22.7 Å². The van der Waals surface area contributed by atoms with Crippen LogP contribution >= 0.6 is 15.9 Å². The first-order valence-electron chi connectivity index (χ1n) is 5.79. The molecular formula is C12H17BrN2O3. The summed E-state index contributed by atoms with van der Waals surface area (Å²) in [5.74, 6) is 0. The lowest BCUT2D eigenvalue weighted by atomic mass is 10.2. The van der Waals surface area contributed by atoms with Gasteiger partial charge in [-0.2, -0.15) is 0 Å². The molecule has 1 atom stereocenters. The van der Waals surface area contributed by atoms with Crippen molar-refractivity contribution >= 4 is 21.6 Å². The van der Waals surface area contributed by atoms with Crippen LogP contribution in [0.5, 0.6) is 0 Å². The summed E-state index contributed by atoms with van der Waals surface area (Å²) in [5, 5.41) is 14.1. The quantitative estimate of drug-likeness (QED) is 0.620. The molecule has 0 aliphatic rings. The average molecular weight is 317 g/mol. The second kappa shape index (κ2) is 7.45. The molecule has 0 heterocycles. The number of nitrogens with one attached hydrogen (secondary N) is 1. The summed E-state index contributed by atoms with van der Waals surface area (Å²) in [6.45, 7) is 5.84. The smallest absolute Gasteiger partial charge is 0.283 e. The van der Waals surface area contributed by atoms with Gasteiger partial charge in [0.05, 0.1) is 16.0 Å². The normalized spacial score (nSPS) is 12.4. The van der Waals surface area contributed by atoms with Gasteiger partial charge in [0.2, 0.25) is 0 Å². The van der Waals surface area contributed by atoms with Crippen molar-refractivity contribution in [2.75, 3.05) is 13.2 Å². The minimum absolute atomic E-state index is 0.0896. The molecule has 0 fully saturated rings. The Morgan fingerprint density at radius 1 is 1.56 bits per heavy atom. The molecule has 1 N–H and O–H groups in total. The van der Waals surface area contributed by atoms with Crippen LogP contribution in [0.25, 0.3) is 0 Å². The molecule has 6 heteroatoms. The molecule has 0 aromatic heterocycles. The van der Waals surface area contributed by atoms with E-state index in [2.05, 4.69) is 21.2 Å². The number of hydrogen-bond donors (Lipinski definition) is 1. The van der Waals surface area contributed by atoms with E-state index in [9.17, 15) is 10.1 Å². The van der Waals surface area contributed by atoms with E-state index in [0.717, 1.165) is 5.56 Å². The lowest BCUT2D eigenvalue weighted by molar-refractivity contribution is -0.385. The number of ether oxygens (including phenoxy) is 1. The monoisotopic (exact) mass is 316 g/mol. The standard InChI is InChI=1S/C12H17BrN2O3/c1-3-18-8-9(2)14-7-10-5-4-6-11(12(10)13)15(16)17/h4-6,9,14H,3,7-8H2,1-2H3. The number of nitro benzene ring substituents is 1. The van der Waals surface area contributed by atoms with Crippen molar-refractivity contribution in [3.8, 4) is 0 Å². The van der Waals surface area contributed by atoms with Gasteiger partial charge >= 0.3 is 0 Å². The molecule has 0 amide bonds. The third kappa shape index (κ3) is 4.36. The van der Waals surface area contributed by atoms with E-state index in [0.29, 0.717) is 24.2 Å². The molecule has 100 valence electrons. The SMILES string of the molecule is CCOCC(C)NCc1cccc([N+](=O)[O-])c1Br. The number of benzene rings is 1. The fourth-order valence-corrected chi connectivity index (χ4v) is 2.03. The number of hydrogen-bond acceptors (Lipinski definition) is 4. The third-order valence-electron chi connectivity index (χ3n) is 2.47. The second-order valence-electron chi connectivity index (χ2n) is 3.95. The Hall–Kier alpha value is -0.980. The fourth-order valence-electron chi connectivity index (χ4n) is 1.48. The number of halogens is 1. The number of rotatable bonds is 7. The van der Waals surface area contributed by atoms with Crippen LogP contribution in [0.4, 0.5) is 5.69 Å². The van der Waals surface area contributed by atoms with Gasteiger partial charge in [-0.3, -0.25) is 10.1 Å². The predicted octanol–water partition coefficient (Wildman–Crippen LogP) is 2.87. The summed E-state index contributed by atoms with van der Waals surface area (Å²) < 4.78 is 5.83. The first-order valence-corrected chi connectivity index (χ1v) is 6.58. The van der Waals surface area contributed by atoms with E-state index in [-0.39, 0.29) is 11.7 Å². The Morgan fingerprint density at radius 3 is 2.89 bits per heavy atom. The molecule has 1 aromatic rings. The highest BCUT2D eigenvalue weighted by molar-refractivity contribution is 9.10.